The summed E-state index contributed by atoms with van der Waals surface area (Å²) in [5.74, 6) is -0.820. The average Bonchev–Trinajstić information content (AvgIpc) is 2.88. The minimum atomic E-state index is -0.820. The summed E-state index contributed by atoms with van der Waals surface area (Å²) in [6.07, 6.45) is 4.95. The zero-order valence-corrected chi connectivity index (χ0v) is 11.9. The Morgan fingerprint density at radius 2 is 1.94 bits per heavy atom. The van der Waals surface area contributed by atoms with Crippen molar-refractivity contribution in [3.05, 3.63) is 17.0 Å². The Balaban J connectivity index is 2.02. The summed E-state index contributed by atoms with van der Waals surface area (Å²) in [7, 11) is 0. The Morgan fingerprint density at radius 1 is 1.33 bits per heavy atom. The first kappa shape index (κ1) is 13.4. The number of nitrogens with zero attached hydrogens (tertiary/aromatic N) is 1. The zero-order chi connectivity index (χ0) is 13.2. The van der Waals surface area contributed by atoms with E-state index in [1.807, 2.05) is 6.07 Å². The summed E-state index contributed by atoms with van der Waals surface area (Å²) in [6.45, 7) is 6.68. The van der Waals surface area contributed by atoms with Crippen LogP contribution in [0, 0.1) is 5.41 Å². The number of rotatable bonds is 4. The van der Waals surface area contributed by atoms with E-state index in [1.54, 1.807) is 6.07 Å². The molecule has 0 radical (unpaired) electrons. The van der Waals surface area contributed by atoms with Crippen molar-refractivity contribution in [2.45, 2.75) is 39.5 Å². The summed E-state index contributed by atoms with van der Waals surface area (Å²) >= 11 is 1.39. The van der Waals surface area contributed by atoms with Gasteiger partial charge in [-0.05, 0) is 30.4 Å². The molecule has 0 spiro atoms. The molecule has 0 aromatic carbocycles. The topological polar surface area (TPSA) is 40.5 Å². The molecule has 18 heavy (non-hydrogen) atoms. The van der Waals surface area contributed by atoms with Gasteiger partial charge >= 0.3 is 5.97 Å². The average molecular weight is 267 g/mol. The molecule has 100 valence electrons. The van der Waals surface area contributed by atoms with Crippen LogP contribution in [0.25, 0.3) is 0 Å². The van der Waals surface area contributed by atoms with Gasteiger partial charge in [-0.15, -0.1) is 11.3 Å². The van der Waals surface area contributed by atoms with Crippen LogP contribution < -0.4 is 4.90 Å². The van der Waals surface area contributed by atoms with Crippen molar-refractivity contribution in [3.8, 4) is 0 Å². The van der Waals surface area contributed by atoms with Crippen LogP contribution in [-0.2, 0) is 0 Å². The fourth-order valence-corrected chi connectivity index (χ4v) is 3.67. The third-order valence-electron chi connectivity index (χ3n) is 4.44. The van der Waals surface area contributed by atoms with E-state index in [4.69, 9.17) is 5.11 Å². The van der Waals surface area contributed by atoms with Gasteiger partial charge in [0, 0.05) is 13.1 Å². The lowest BCUT2D eigenvalue weighted by atomic mass is 9.74. The van der Waals surface area contributed by atoms with Crippen LogP contribution in [0.4, 0.5) is 5.00 Å². The molecule has 0 bridgehead atoms. The van der Waals surface area contributed by atoms with E-state index < -0.39 is 5.97 Å². The highest BCUT2D eigenvalue weighted by atomic mass is 32.1. The first-order valence-electron chi connectivity index (χ1n) is 6.68. The van der Waals surface area contributed by atoms with Crippen LogP contribution in [0.5, 0.6) is 0 Å². The number of hydrogen-bond acceptors (Lipinski definition) is 3. The summed E-state index contributed by atoms with van der Waals surface area (Å²) in [5.41, 5.74) is 0.517. The normalized spacial score (nSPS) is 18.9. The number of anilines is 1. The molecule has 2 rings (SSSR count). The van der Waals surface area contributed by atoms with E-state index in [9.17, 15) is 4.79 Å². The molecule has 0 amide bonds. The van der Waals surface area contributed by atoms with Gasteiger partial charge in [0.1, 0.15) is 4.88 Å². The minimum absolute atomic E-state index is 0.438. The molecular weight excluding hydrogens is 246 g/mol. The van der Waals surface area contributed by atoms with E-state index in [0.29, 0.717) is 10.3 Å². The largest absolute Gasteiger partial charge is 0.477 e. The second kappa shape index (κ2) is 5.31. The summed E-state index contributed by atoms with van der Waals surface area (Å²) in [6, 6.07) is 3.66. The Kier molecular flexibility index (Phi) is 3.95. The number of carboxylic acid groups (broad SMARTS) is 1. The van der Waals surface area contributed by atoms with E-state index in [2.05, 4.69) is 18.7 Å². The molecule has 1 aliphatic rings. The SMILES string of the molecule is CCC1(CC)CCN(c2ccc(C(=O)O)s2)CC1. The fourth-order valence-electron chi connectivity index (χ4n) is 2.77. The first-order valence-corrected chi connectivity index (χ1v) is 7.50. The third-order valence-corrected chi connectivity index (χ3v) is 5.57. The molecule has 4 heteroatoms. The Labute approximate surface area is 112 Å². The van der Waals surface area contributed by atoms with Gasteiger partial charge in [0.05, 0.1) is 5.00 Å². The molecule has 1 fully saturated rings. The van der Waals surface area contributed by atoms with Gasteiger partial charge in [0.25, 0.3) is 0 Å². The quantitative estimate of drug-likeness (QED) is 0.900. The van der Waals surface area contributed by atoms with Crippen LogP contribution in [0.3, 0.4) is 0 Å². The van der Waals surface area contributed by atoms with Gasteiger partial charge < -0.3 is 10.0 Å². The van der Waals surface area contributed by atoms with Gasteiger partial charge in [0.2, 0.25) is 0 Å². The number of hydrogen-bond donors (Lipinski definition) is 1. The maximum absolute atomic E-state index is 10.9. The summed E-state index contributed by atoms with van der Waals surface area (Å²) in [4.78, 5) is 13.7. The van der Waals surface area contributed by atoms with Gasteiger partial charge in [-0.1, -0.05) is 26.7 Å². The number of thiophene rings is 1. The zero-order valence-electron chi connectivity index (χ0n) is 11.1. The van der Waals surface area contributed by atoms with Crippen LogP contribution in [0.1, 0.15) is 49.2 Å². The lowest BCUT2D eigenvalue weighted by molar-refractivity contribution is 0.0702. The lowest BCUT2D eigenvalue weighted by Gasteiger charge is -2.41. The van der Waals surface area contributed by atoms with Crippen molar-refractivity contribution in [2.24, 2.45) is 5.41 Å². The smallest absolute Gasteiger partial charge is 0.345 e. The predicted molar refractivity (Wildman–Crippen MR) is 75.7 cm³/mol. The van der Waals surface area contributed by atoms with E-state index in [-0.39, 0.29) is 0 Å². The number of aromatic carboxylic acids is 1. The lowest BCUT2D eigenvalue weighted by Crippen LogP contribution is -2.39. The molecule has 1 aliphatic heterocycles. The maximum atomic E-state index is 10.9. The second-order valence-corrected chi connectivity index (χ2v) is 6.20. The molecule has 3 nitrogen and oxygen atoms in total. The van der Waals surface area contributed by atoms with Gasteiger partial charge in [0.15, 0.2) is 0 Å². The maximum Gasteiger partial charge on any atom is 0.345 e. The Bertz CT molecular complexity index is 413. The fraction of sp³-hybridized carbons (Fsp3) is 0.643. The highest BCUT2D eigenvalue weighted by Gasteiger charge is 2.31. The van der Waals surface area contributed by atoms with E-state index >= 15 is 0 Å². The second-order valence-electron chi connectivity index (χ2n) is 5.14. The molecule has 0 atom stereocenters. The monoisotopic (exact) mass is 267 g/mol. The number of carbonyl (C=O) groups is 1. The van der Waals surface area contributed by atoms with Crippen molar-refractivity contribution in [1.29, 1.82) is 0 Å². The highest BCUT2D eigenvalue weighted by molar-refractivity contribution is 7.17. The number of piperidine rings is 1. The molecular formula is C14H21NO2S. The van der Waals surface area contributed by atoms with Crippen LogP contribution >= 0.6 is 11.3 Å². The molecule has 0 saturated carbocycles. The van der Waals surface area contributed by atoms with E-state index in [0.717, 1.165) is 18.1 Å². The summed E-state index contributed by atoms with van der Waals surface area (Å²) in [5, 5.41) is 10.1. The standard InChI is InChI=1S/C14H21NO2S/c1-3-14(4-2)7-9-15(10-8-14)12-6-5-11(18-12)13(16)17/h5-6H,3-4,7-10H2,1-2H3,(H,16,17). The van der Waals surface area contributed by atoms with Crippen molar-refractivity contribution in [2.75, 3.05) is 18.0 Å². The van der Waals surface area contributed by atoms with Gasteiger partial charge in [-0.25, -0.2) is 4.79 Å². The minimum Gasteiger partial charge on any atom is -0.477 e. The molecule has 0 unspecified atom stereocenters. The van der Waals surface area contributed by atoms with Crippen LogP contribution in [0.2, 0.25) is 0 Å². The molecule has 1 aromatic rings. The van der Waals surface area contributed by atoms with Crippen molar-refractivity contribution < 1.29 is 9.90 Å². The molecule has 1 N–H and O–H groups in total. The molecule has 2 heterocycles. The summed E-state index contributed by atoms with van der Waals surface area (Å²) < 4.78 is 0. The van der Waals surface area contributed by atoms with Crippen molar-refractivity contribution in [1.82, 2.24) is 0 Å². The van der Waals surface area contributed by atoms with E-state index in [1.165, 1.54) is 37.0 Å². The Hall–Kier alpha value is -1.03. The first-order chi connectivity index (χ1) is 8.60. The van der Waals surface area contributed by atoms with Crippen LogP contribution in [-0.4, -0.2) is 24.2 Å². The Morgan fingerprint density at radius 3 is 2.39 bits per heavy atom. The third kappa shape index (κ3) is 2.53. The van der Waals surface area contributed by atoms with Gasteiger partial charge in [-0.3, -0.25) is 0 Å². The molecule has 1 saturated heterocycles. The molecule has 1 aromatic heterocycles. The highest BCUT2D eigenvalue weighted by Crippen LogP contribution is 2.40. The van der Waals surface area contributed by atoms with Crippen LogP contribution in [0.15, 0.2) is 12.1 Å². The molecule has 0 aliphatic carbocycles. The van der Waals surface area contributed by atoms with Crippen molar-refractivity contribution >= 4 is 22.3 Å². The number of carboxylic acids is 1. The van der Waals surface area contributed by atoms with Gasteiger partial charge in [-0.2, -0.15) is 0 Å². The van der Waals surface area contributed by atoms with Crippen molar-refractivity contribution in [3.63, 3.8) is 0 Å². The predicted octanol–water partition coefficient (Wildman–Crippen LogP) is 3.85.